The first kappa shape index (κ1) is 13.2. The van der Waals surface area contributed by atoms with Gasteiger partial charge >= 0.3 is 0 Å². The lowest BCUT2D eigenvalue weighted by Gasteiger charge is -2.25. The SMILES string of the molecule is Cc1cc2c(cc1N(C)C(=O)C(C)(C)C#N)OCO2. The van der Waals surface area contributed by atoms with Gasteiger partial charge in [0.15, 0.2) is 11.5 Å². The molecule has 0 aliphatic carbocycles. The van der Waals surface area contributed by atoms with E-state index in [0.717, 1.165) is 11.3 Å². The highest BCUT2D eigenvalue weighted by atomic mass is 16.7. The molecule has 2 rings (SSSR count). The number of anilines is 1. The molecule has 0 radical (unpaired) electrons. The van der Waals surface area contributed by atoms with Crippen molar-refractivity contribution in [3.05, 3.63) is 17.7 Å². The Morgan fingerprint density at radius 1 is 1.37 bits per heavy atom. The minimum Gasteiger partial charge on any atom is -0.454 e. The van der Waals surface area contributed by atoms with E-state index >= 15 is 0 Å². The summed E-state index contributed by atoms with van der Waals surface area (Å²) in [7, 11) is 1.66. The minimum absolute atomic E-state index is 0.194. The number of carbonyl (C=O) groups excluding carboxylic acids is 1. The Morgan fingerprint density at radius 2 is 1.95 bits per heavy atom. The molecule has 0 unspecified atom stereocenters. The highest BCUT2D eigenvalue weighted by Gasteiger charge is 2.32. The molecule has 1 aliphatic rings. The Kier molecular flexibility index (Phi) is 3.11. The molecular weight excluding hydrogens is 244 g/mol. The van der Waals surface area contributed by atoms with Gasteiger partial charge in [-0.1, -0.05) is 0 Å². The maximum absolute atomic E-state index is 12.3. The van der Waals surface area contributed by atoms with Crippen molar-refractivity contribution in [2.24, 2.45) is 5.41 Å². The van der Waals surface area contributed by atoms with Crippen molar-refractivity contribution in [3.8, 4) is 17.6 Å². The summed E-state index contributed by atoms with van der Waals surface area (Å²) < 4.78 is 10.6. The number of hydrogen-bond donors (Lipinski definition) is 0. The molecule has 0 bridgehead atoms. The second kappa shape index (κ2) is 4.47. The van der Waals surface area contributed by atoms with Crippen molar-refractivity contribution >= 4 is 11.6 Å². The van der Waals surface area contributed by atoms with Crippen LogP contribution in [0.5, 0.6) is 11.5 Å². The fourth-order valence-corrected chi connectivity index (χ4v) is 1.97. The first-order valence-electron chi connectivity index (χ1n) is 5.96. The van der Waals surface area contributed by atoms with E-state index in [2.05, 4.69) is 0 Å². The van der Waals surface area contributed by atoms with Crippen molar-refractivity contribution in [3.63, 3.8) is 0 Å². The summed E-state index contributed by atoms with van der Waals surface area (Å²) in [5.74, 6) is 1.05. The van der Waals surface area contributed by atoms with Crippen molar-refractivity contribution in [2.75, 3.05) is 18.7 Å². The molecule has 0 N–H and O–H groups in total. The van der Waals surface area contributed by atoms with Gasteiger partial charge in [-0.3, -0.25) is 4.79 Å². The molecule has 100 valence electrons. The first-order chi connectivity index (χ1) is 8.86. The Morgan fingerprint density at radius 3 is 2.53 bits per heavy atom. The first-order valence-corrected chi connectivity index (χ1v) is 5.96. The van der Waals surface area contributed by atoms with E-state index in [4.69, 9.17) is 14.7 Å². The van der Waals surface area contributed by atoms with Crippen LogP contribution in [0.3, 0.4) is 0 Å². The largest absolute Gasteiger partial charge is 0.454 e. The number of aryl methyl sites for hydroxylation is 1. The zero-order valence-corrected chi connectivity index (χ0v) is 11.5. The average Bonchev–Trinajstić information content (AvgIpc) is 2.83. The molecule has 0 fully saturated rings. The summed E-state index contributed by atoms with van der Waals surface area (Å²) in [6.07, 6.45) is 0. The monoisotopic (exact) mass is 260 g/mol. The van der Waals surface area contributed by atoms with Gasteiger partial charge in [0, 0.05) is 13.1 Å². The van der Waals surface area contributed by atoms with Crippen molar-refractivity contribution in [1.82, 2.24) is 0 Å². The van der Waals surface area contributed by atoms with E-state index < -0.39 is 5.41 Å². The third-order valence-electron chi connectivity index (χ3n) is 3.17. The number of amides is 1. The number of rotatable bonds is 2. The molecule has 1 heterocycles. The van der Waals surface area contributed by atoms with Crippen LogP contribution in [0.15, 0.2) is 12.1 Å². The molecule has 19 heavy (non-hydrogen) atoms. The topological polar surface area (TPSA) is 62.6 Å². The standard InChI is InChI=1S/C14H16N2O3/c1-9-5-11-12(19-8-18-11)6-10(9)16(4)13(17)14(2,3)7-15/h5-6H,8H2,1-4H3. The number of carbonyl (C=O) groups is 1. The maximum atomic E-state index is 12.3. The van der Waals surface area contributed by atoms with Gasteiger partial charge in [-0.15, -0.1) is 0 Å². The van der Waals surface area contributed by atoms with Gasteiger partial charge < -0.3 is 14.4 Å². The Balaban J connectivity index is 2.38. The van der Waals surface area contributed by atoms with E-state index in [-0.39, 0.29) is 12.7 Å². The molecule has 0 spiro atoms. The lowest BCUT2D eigenvalue weighted by atomic mass is 9.93. The summed E-state index contributed by atoms with van der Waals surface area (Å²) in [4.78, 5) is 13.8. The molecule has 5 nitrogen and oxygen atoms in total. The number of fused-ring (bicyclic) bond motifs is 1. The Labute approximate surface area is 112 Å². The van der Waals surface area contributed by atoms with E-state index in [1.54, 1.807) is 27.0 Å². The number of ether oxygens (including phenoxy) is 2. The van der Waals surface area contributed by atoms with Crippen LogP contribution in [-0.2, 0) is 4.79 Å². The molecule has 1 aromatic rings. The fourth-order valence-electron chi connectivity index (χ4n) is 1.97. The van der Waals surface area contributed by atoms with Gasteiger partial charge in [-0.25, -0.2) is 0 Å². The molecule has 1 amide bonds. The van der Waals surface area contributed by atoms with Crippen LogP contribution >= 0.6 is 0 Å². The second-order valence-electron chi connectivity index (χ2n) is 5.09. The molecule has 0 saturated carbocycles. The van der Waals surface area contributed by atoms with Crippen LogP contribution in [0.25, 0.3) is 0 Å². The van der Waals surface area contributed by atoms with Gasteiger partial charge in [0.25, 0.3) is 0 Å². The van der Waals surface area contributed by atoms with Crippen LogP contribution in [-0.4, -0.2) is 19.7 Å². The summed E-state index contributed by atoms with van der Waals surface area (Å²) in [6, 6.07) is 5.62. The van der Waals surface area contributed by atoms with Crippen LogP contribution in [0, 0.1) is 23.7 Å². The number of hydrogen-bond acceptors (Lipinski definition) is 4. The lowest BCUT2D eigenvalue weighted by Crippen LogP contribution is -2.38. The molecule has 0 aromatic heterocycles. The van der Waals surface area contributed by atoms with E-state index in [0.29, 0.717) is 11.5 Å². The number of nitrogens with zero attached hydrogens (tertiary/aromatic N) is 2. The van der Waals surface area contributed by atoms with Gasteiger partial charge in [-0.2, -0.15) is 5.26 Å². The van der Waals surface area contributed by atoms with Crippen molar-refractivity contribution in [2.45, 2.75) is 20.8 Å². The highest BCUT2D eigenvalue weighted by molar-refractivity contribution is 5.99. The lowest BCUT2D eigenvalue weighted by molar-refractivity contribution is -0.123. The summed E-state index contributed by atoms with van der Waals surface area (Å²) in [6.45, 7) is 5.29. The van der Waals surface area contributed by atoms with Crippen LogP contribution in [0.2, 0.25) is 0 Å². The maximum Gasteiger partial charge on any atom is 0.246 e. The Bertz CT molecular complexity index is 573. The third kappa shape index (κ3) is 2.22. The van der Waals surface area contributed by atoms with Gasteiger partial charge in [-0.05, 0) is 32.4 Å². The average molecular weight is 260 g/mol. The minimum atomic E-state index is -1.06. The van der Waals surface area contributed by atoms with Crippen LogP contribution in [0.1, 0.15) is 19.4 Å². The van der Waals surface area contributed by atoms with Crippen LogP contribution < -0.4 is 14.4 Å². The fraction of sp³-hybridized carbons (Fsp3) is 0.429. The summed E-state index contributed by atoms with van der Waals surface area (Å²) >= 11 is 0. The van der Waals surface area contributed by atoms with Crippen molar-refractivity contribution < 1.29 is 14.3 Å². The van der Waals surface area contributed by atoms with Crippen molar-refractivity contribution in [1.29, 1.82) is 5.26 Å². The molecule has 1 aromatic carbocycles. The van der Waals surface area contributed by atoms with Gasteiger partial charge in [0.05, 0.1) is 11.8 Å². The predicted molar refractivity (Wildman–Crippen MR) is 70.1 cm³/mol. The summed E-state index contributed by atoms with van der Waals surface area (Å²) in [5, 5.41) is 9.04. The molecule has 0 saturated heterocycles. The van der Waals surface area contributed by atoms with E-state index in [1.165, 1.54) is 4.90 Å². The quantitative estimate of drug-likeness (QED) is 0.818. The molecular formula is C14H16N2O3. The molecule has 0 atom stereocenters. The van der Waals surface area contributed by atoms with E-state index in [1.807, 2.05) is 19.1 Å². The van der Waals surface area contributed by atoms with Crippen LogP contribution in [0.4, 0.5) is 5.69 Å². The predicted octanol–water partition coefficient (Wildman–Crippen LogP) is 2.24. The summed E-state index contributed by atoms with van der Waals surface area (Å²) in [5.41, 5.74) is 0.559. The molecule has 5 heteroatoms. The third-order valence-corrected chi connectivity index (χ3v) is 3.17. The Hall–Kier alpha value is -2.22. The van der Waals surface area contributed by atoms with Gasteiger partial charge in [0.1, 0.15) is 5.41 Å². The number of nitriles is 1. The van der Waals surface area contributed by atoms with E-state index in [9.17, 15) is 4.79 Å². The normalized spacial score (nSPS) is 13.0. The zero-order valence-electron chi connectivity index (χ0n) is 11.5. The van der Waals surface area contributed by atoms with Gasteiger partial charge in [0.2, 0.25) is 12.7 Å². The zero-order chi connectivity index (χ0) is 14.2. The molecule has 1 aliphatic heterocycles. The number of benzene rings is 1. The second-order valence-corrected chi connectivity index (χ2v) is 5.09. The smallest absolute Gasteiger partial charge is 0.246 e. The highest BCUT2D eigenvalue weighted by Crippen LogP contribution is 2.38.